The zero-order valence-corrected chi connectivity index (χ0v) is 20.0. The first-order chi connectivity index (χ1) is 15.9. The van der Waals surface area contributed by atoms with Gasteiger partial charge in [0.2, 0.25) is 0 Å². The van der Waals surface area contributed by atoms with Crippen LogP contribution >= 0.6 is 0 Å². The predicted molar refractivity (Wildman–Crippen MR) is 133 cm³/mol. The first kappa shape index (κ1) is 22.0. The SMILES string of the molecule is CCc1ccc2[nH]c(C(=O)NCC3CCN(Cc4cccc5c4OC(C)(C)C5)CC3)cc2c1. The fraction of sp³-hybridized carbons (Fsp3) is 0.464. The molecule has 2 aromatic carbocycles. The molecular formula is C28H35N3O2. The fourth-order valence-electron chi connectivity index (χ4n) is 5.25. The van der Waals surface area contributed by atoms with Gasteiger partial charge in [-0.1, -0.05) is 31.2 Å². The molecule has 33 heavy (non-hydrogen) atoms. The Morgan fingerprint density at radius 1 is 1.18 bits per heavy atom. The van der Waals surface area contributed by atoms with Gasteiger partial charge >= 0.3 is 0 Å². The first-order valence-corrected chi connectivity index (χ1v) is 12.3. The van der Waals surface area contributed by atoms with Crippen LogP contribution in [0.3, 0.4) is 0 Å². The highest BCUT2D eigenvalue weighted by molar-refractivity contribution is 5.98. The highest BCUT2D eigenvalue weighted by atomic mass is 16.5. The van der Waals surface area contributed by atoms with Gasteiger partial charge in [0.1, 0.15) is 17.0 Å². The molecule has 0 radical (unpaired) electrons. The summed E-state index contributed by atoms with van der Waals surface area (Å²) >= 11 is 0. The second kappa shape index (κ2) is 8.86. The van der Waals surface area contributed by atoms with Crippen LogP contribution in [0.5, 0.6) is 5.75 Å². The summed E-state index contributed by atoms with van der Waals surface area (Å²) in [5.74, 6) is 1.62. The third-order valence-corrected chi connectivity index (χ3v) is 7.16. The second-order valence-corrected chi connectivity index (χ2v) is 10.3. The largest absolute Gasteiger partial charge is 0.487 e. The summed E-state index contributed by atoms with van der Waals surface area (Å²) in [7, 11) is 0. The topological polar surface area (TPSA) is 57.4 Å². The molecule has 174 valence electrons. The lowest BCUT2D eigenvalue weighted by atomic mass is 9.96. The maximum absolute atomic E-state index is 12.7. The van der Waals surface area contributed by atoms with E-state index in [0.29, 0.717) is 11.6 Å². The number of hydrogen-bond acceptors (Lipinski definition) is 3. The van der Waals surface area contributed by atoms with Gasteiger partial charge in [0.25, 0.3) is 5.91 Å². The number of carbonyl (C=O) groups excluding carboxylic acids is 1. The Kier molecular flexibility index (Phi) is 5.92. The molecule has 1 amide bonds. The quantitative estimate of drug-likeness (QED) is 0.556. The van der Waals surface area contributed by atoms with Crippen molar-refractivity contribution in [3.8, 4) is 5.75 Å². The molecule has 0 spiro atoms. The molecule has 0 bridgehead atoms. The van der Waals surface area contributed by atoms with Crippen LogP contribution in [0.4, 0.5) is 0 Å². The Morgan fingerprint density at radius 2 is 2.00 bits per heavy atom. The Balaban J connectivity index is 1.12. The molecular weight excluding hydrogens is 410 g/mol. The van der Waals surface area contributed by atoms with E-state index in [0.717, 1.165) is 68.5 Å². The fourth-order valence-corrected chi connectivity index (χ4v) is 5.25. The molecule has 1 aromatic heterocycles. The van der Waals surface area contributed by atoms with Crippen LogP contribution in [-0.2, 0) is 19.4 Å². The first-order valence-electron chi connectivity index (χ1n) is 12.3. The van der Waals surface area contributed by atoms with Crippen molar-refractivity contribution in [1.29, 1.82) is 0 Å². The zero-order valence-electron chi connectivity index (χ0n) is 20.0. The summed E-state index contributed by atoms with van der Waals surface area (Å²) in [6.07, 6.45) is 4.19. The van der Waals surface area contributed by atoms with Crippen molar-refractivity contribution in [1.82, 2.24) is 15.2 Å². The van der Waals surface area contributed by atoms with Crippen molar-refractivity contribution in [3.63, 3.8) is 0 Å². The van der Waals surface area contributed by atoms with Gasteiger partial charge in [-0.2, -0.15) is 0 Å². The van der Waals surface area contributed by atoms with Gasteiger partial charge in [0.05, 0.1) is 0 Å². The van der Waals surface area contributed by atoms with Gasteiger partial charge in [0, 0.05) is 36.0 Å². The molecule has 2 N–H and O–H groups in total. The van der Waals surface area contributed by atoms with E-state index in [4.69, 9.17) is 4.74 Å². The van der Waals surface area contributed by atoms with Crippen molar-refractivity contribution >= 4 is 16.8 Å². The third-order valence-electron chi connectivity index (χ3n) is 7.16. The van der Waals surface area contributed by atoms with E-state index in [9.17, 15) is 4.79 Å². The normalized spacial score (nSPS) is 18.3. The van der Waals surface area contributed by atoms with Crippen molar-refractivity contribution in [3.05, 3.63) is 64.8 Å². The van der Waals surface area contributed by atoms with E-state index in [1.807, 2.05) is 6.07 Å². The maximum atomic E-state index is 12.7. The zero-order chi connectivity index (χ0) is 23.0. The lowest BCUT2D eigenvalue weighted by molar-refractivity contribution is 0.0930. The molecule has 1 saturated heterocycles. The third kappa shape index (κ3) is 4.79. The molecule has 5 nitrogen and oxygen atoms in total. The van der Waals surface area contributed by atoms with Crippen molar-refractivity contribution in [2.75, 3.05) is 19.6 Å². The number of likely N-dealkylation sites (tertiary alicyclic amines) is 1. The van der Waals surface area contributed by atoms with Crippen LogP contribution in [-0.4, -0.2) is 41.0 Å². The summed E-state index contributed by atoms with van der Waals surface area (Å²) < 4.78 is 6.25. The standard InChI is InChI=1S/C28H35N3O2/c1-4-19-8-9-24-23(14-19)15-25(30-24)27(32)29-17-20-10-12-31(13-11-20)18-22-7-5-6-21-16-28(2,3)33-26(21)22/h5-9,14-15,20,30H,4,10-13,16-18H2,1-3H3,(H,29,32). The van der Waals surface area contributed by atoms with Gasteiger partial charge in [-0.05, 0) is 81.4 Å². The number of piperidine rings is 1. The van der Waals surface area contributed by atoms with E-state index in [2.05, 4.69) is 72.4 Å². The van der Waals surface area contributed by atoms with Gasteiger partial charge in [-0.25, -0.2) is 0 Å². The molecule has 0 saturated carbocycles. The van der Waals surface area contributed by atoms with E-state index in [-0.39, 0.29) is 11.5 Å². The minimum Gasteiger partial charge on any atom is -0.487 e. The lowest BCUT2D eigenvalue weighted by Crippen LogP contribution is -2.38. The summed E-state index contributed by atoms with van der Waals surface area (Å²) in [6, 6.07) is 14.9. The highest BCUT2D eigenvalue weighted by Crippen LogP contribution is 2.38. The highest BCUT2D eigenvalue weighted by Gasteiger charge is 2.32. The van der Waals surface area contributed by atoms with Crippen molar-refractivity contribution in [2.45, 2.75) is 58.6 Å². The summed E-state index contributed by atoms with van der Waals surface area (Å²) in [4.78, 5) is 18.5. The number of nitrogens with zero attached hydrogens (tertiary/aromatic N) is 1. The van der Waals surface area contributed by atoms with Crippen molar-refractivity contribution < 1.29 is 9.53 Å². The molecule has 5 rings (SSSR count). The summed E-state index contributed by atoms with van der Waals surface area (Å²) in [6.45, 7) is 10.3. The van der Waals surface area contributed by atoms with Gasteiger partial charge < -0.3 is 15.0 Å². The van der Waals surface area contributed by atoms with Crippen LogP contribution in [0.1, 0.15) is 60.8 Å². The van der Waals surface area contributed by atoms with Crippen LogP contribution in [0.2, 0.25) is 0 Å². The number of aromatic amines is 1. The number of H-pyrrole nitrogens is 1. The van der Waals surface area contributed by atoms with E-state index in [1.54, 1.807) is 0 Å². The Bertz CT molecular complexity index is 1160. The van der Waals surface area contributed by atoms with Gasteiger partial charge in [-0.15, -0.1) is 0 Å². The number of ether oxygens (including phenoxy) is 1. The number of rotatable bonds is 6. The predicted octanol–water partition coefficient (Wildman–Crippen LogP) is 5.09. The Hall–Kier alpha value is -2.79. The average molecular weight is 446 g/mol. The van der Waals surface area contributed by atoms with E-state index >= 15 is 0 Å². The minimum atomic E-state index is -0.104. The molecule has 0 unspecified atom stereocenters. The lowest BCUT2D eigenvalue weighted by Gasteiger charge is -2.32. The number of hydrogen-bond donors (Lipinski definition) is 2. The molecule has 1 fully saturated rings. The molecule has 3 heterocycles. The van der Waals surface area contributed by atoms with Crippen LogP contribution in [0.25, 0.3) is 10.9 Å². The number of carbonyl (C=O) groups is 1. The van der Waals surface area contributed by atoms with E-state index in [1.165, 1.54) is 16.7 Å². The number of para-hydroxylation sites is 1. The average Bonchev–Trinajstić information content (AvgIpc) is 3.37. The van der Waals surface area contributed by atoms with Crippen LogP contribution in [0, 0.1) is 5.92 Å². The number of benzene rings is 2. The molecule has 2 aliphatic rings. The molecule has 0 atom stereocenters. The molecule has 3 aromatic rings. The van der Waals surface area contributed by atoms with E-state index < -0.39 is 0 Å². The van der Waals surface area contributed by atoms with Crippen LogP contribution < -0.4 is 10.1 Å². The van der Waals surface area contributed by atoms with Gasteiger partial charge in [0.15, 0.2) is 0 Å². The van der Waals surface area contributed by atoms with Crippen molar-refractivity contribution in [2.24, 2.45) is 5.92 Å². The summed E-state index contributed by atoms with van der Waals surface area (Å²) in [5.41, 5.74) is 5.48. The number of aryl methyl sites for hydroxylation is 1. The molecule has 5 heteroatoms. The number of nitrogens with one attached hydrogen (secondary N) is 2. The Morgan fingerprint density at radius 3 is 2.79 bits per heavy atom. The monoisotopic (exact) mass is 445 g/mol. The summed E-state index contributed by atoms with van der Waals surface area (Å²) in [5, 5.41) is 4.26. The van der Waals surface area contributed by atoms with Crippen LogP contribution in [0.15, 0.2) is 42.5 Å². The number of fused-ring (bicyclic) bond motifs is 2. The Labute approximate surface area is 196 Å². The second-order valence-electron chi connectivity index (χ2n) is 10.3. The number of amides is 1. The minimum absolute atomic E-state index is 0.00806. The van der Waals surface area contributed by atoms with Gasteiger partial charge in [-0.3, -0.25) is 9.69 Å². The molecule has 2 aliphatic heterocycles. The smallest absolute Gasteiger partial charge is 0.267 e. The number of aromatic nitrogens is 1. The molecule has 0 aliphatic carbocycles. The maximum Gasteiger partial charge on any atom is 0.267 e.